The lowest BCUT2D eigenvalue weighted by molar-refractivity contribution is 0.102. The summed E-state index contributed by atoms with van der Waals surface area (Å²) in [7, 11) is 3.14. The Balaban J connectivity index is 1.51. The van der Waals surface area contributed by atoms with Gasteiger partial charge in [-0.05, 0) is 30.7 Å². The summed E-state index contributed by atoms with van der Waals surface area (Å²) in [5, 5.41) is 7.21. The van der Waals surface area contributed by atoms with Gasteiger partial charge in [-0.3, -0.25) is 4.79 Å². The molecule has 1 amide bonds. The number of hydrogen-bond acceptors (Lipinski definition) is 7. The van der Waals surface area contributed by atoms with Crippen molar-refractivity contribution in [3.63, 3.8) is 0 Å². The summed E-state index contributed by atoms with van der Waals surface area (Å²) in [5.41, 5.74) is 2.83. The summed E-state index contributed by atoms with van der Waals surface area (Å²) < 4.78 is 11.2. The fourth-order valence-corrected chi connectivity index (χ4v) is 4.96. The number of nitrogens with one attached hydrogen (secondary N) is 2. The molecule has 2 N–H and O–H groups in total. The molecule has 5 aromatic rings. The van der Waals surface area contributed by atoms with Crippen molar-refractivity contribution in [3.8, 4) is 21.9 Å². The molecule has 8 heteroatoms. The van der Waals surface area contributed by atoms with E-state index in [1.54, 1.807) is 49.8 Å². The standard InChI is InChI=1S/C28H24N4O3S/c1-17-29-26(20-14-25(36-28(20)30-17)18-10-6-4-7-11-18)31-21-15-24(35-3)22(16-23(21)34-2)32-27(33)19-12-8-5-9-13-19/h4-16H,1-3H3,(H,32,33)(H,29,30,31). The Morgan fingerprint density at radius 1 is 0.833 bits per heavy atom. The Morgan fingerprint density at radius 2 is 1.47 bits per heavy atom. The number of rotatable bonds is 7. The van der Waals surface area contributed by atoms with E-state index in [0.717, 1.165) is 20.7 Å². The van der Waals surface area contributed by atoms with E-state index < -0.39 is 0 Å². The highest BCUT2D eigenvalue weighted by molar-refractivity contribution is 7.21. The summed E-state index contributed by atoms with van der Waals surface area (Å²) in [6, 6.07) is 24.8. The number of anilines is 3. The minimum absolute atomic E-state index is 0.239. The summed E-state index contributed by atoms with van der Waals surface area (Å²) in [6.07, 6.45) is 0. The lowest BCUT2D eigenvalue weighted by Gasteiger charge is -2.17. The first-order valence-electron chi connectivity index (χ1n) is 11.3. The molecular formula is C28H24N4O3S. The maximum Gasteiger partial charge on any atom is 0.255 e. The zero-order valence-corrected chi connectivity index (χ0v) is 20.8. The van der Waals surface area contributed by atoms with Crippen LogP contribution in [0.2, 0.25) is 0 Å². The van der Waals surface area contributed by atoms with Crippen LogP contribution in [-0.2, 0) is 0 Å². The summed E-state index contributed by atoms with van der Waals surface area (Å²) >= 11 is 1.62. The molecule has 0 bridgehead atoms. The maximum atomic E-state index is 12.7. The maximum absolute atomic E-state index is 12.7. The highest BCUT2D eigenvalue weighted by Gasteiger charge is 2.17. The van der Waals surface area contributed by atoms with Gasteiger partial charge in [0.05, 0.1) is 31.0 Å². The number of nitrogens with zero attached hydrogens (tertiary/aromatic N) is 2. The molecule has 36 heavy (non-hydrogen) atoms. The van der Waals surface area contributed by atoms with Crippen LogP contribution in [0.1, 0.15) is 16.2 Å². The molecule has 180 valence electrons. The van der Waals surface area contributed by atoms with Crippen molar-refractivity contribution >= 4 is 44.7 Å². The fraction of sp³-hybridized carbons (Fsp3) is 0.107. The molecule has 5 rings (SSSR count). The monoisotopic (exact) mass is 496 g/mol. The van der Waals surface area contributed by atoms with Gasteiger partial charge >= 0.3 is 0 Å². The van der Waals surface area contributed by atoms with Crippen molar-refractivity contribution in [2.45, 2.75) is 6.92 Å². The Hall–Kier alpha value is -4.43. The van der Waals surface area contributed by atoms with Crippen LogP contribution < -0.4 is 20.1 Å². The minimum atomic E-state index is -0.239. The first-order valence-corrected chi connectivity index (χ1v) is 12.1. The van der Waals surface area contributed by atoms with Crippen LogP contribution in [0, 0.1) is 6.92 Å². The molecule has 0 spiro atoms. The normalized spacial score (nSPS) is 10.8. The number of amides is 1. The molecule has 2 aromatic heterocycles. The summed E-state index contributed by atoms with van der Waals surface area (Å²) in [6.45, 7) is 1.87. The molecule has 7 nitrogen and oxygen atoms in total. The van der Waals surface area contributed by atoms with Gasteiger partial charge in [-0.15, -0.1) is 11.3 Å². The molecule has 0 fully saturated rings. The second-order valence-corrected chi connectivity index (χ2v) is 9.04. The van der Waals surface area contributed by atoms with Gasteiger partial charge in [0.2, 0.25) is 0 Å². The quantitative estimate of drug-likeness (QED) is 0.261. The topological polar surface area (TPSA) is 85.4 Å². The van der Waals surface area contributed by atoms with E-state index >= 15 is 0 Å². The van der Waals surface area contributed by atoms with Gasteiger partial charge in [-0.2, -0.15) is 0 Å². The van der Waals surface area contributed by atoms with Crippen molar-refractivity contribution in [1.82, 2.24) is 9.97 Å². The molecular weight excluding hydrogens is 472 g/mol. The predicted molar refractivity (Wildman–Crippen MR) is 145 cm³/mol. The minimum Gasteiger partial charge on any atom is -0.494 e. The van der Waals surface area contributed by atoms with Gasteiger partial charge in [0.1, 0.15) is 28.0 Å². The summed E-state index contributed by atoms with van der Waals surface area (Å²) in [4.78, 5) is 24.0. The third-order valence-corrected chi connectivity index (χ3v) is 6.70. The van der Waals surface area contributed by atoms with E-state index in [4.69, 9.17) is 9.47 Å². The van der Waals surface area contributed by atoms with Crippen molar-refractivity contribution in [2.75, 3.05) is 24.9 Å². The zero-order chi connectivity index (χ0) is 25.1. The van der Waals surface area contributed by atoms with E-state index in [1.165, 1.54) is 0 Å². The number of aromatic nitrogens is 2. The lowest BCUT2D eigenvalue weighted by Crippen LogP contribution is -2.13. The number of ether oxygens (including phenoxy) is 2. The van der Waals surface area contributed by atoms with Gasteiger partial charge in [-0.1, -0.05) is 48.5 Å². The number of methoxy groups -OCH3 is 2. The van der Waals surface area contributed by atoms with E-state index in [-0.39, 0.29) is 5.91 Å². The first kappa shape index (κ1) is 23.3. The second kappa shape index (κ2) is 10.1. The molecule has 2 heterocycles. The molecule has 0 aliphatic rings. The van der Waals surface area contributed by atoms with Gasteiger partial charge in [-0.25, -0.2) is 9.97 Å². The fourth-order valence-electron chi connectivity index (χ4n) is 3.87. The molecule has 0 atom stereocenters. The molecule has 0 aliphatic carbocycles. The molecule has 0 unspecified atom stereocenters. The summed E-state index contributed by atoms with van der Waals surface area (Å²) in [5.74, 6) is 2.10. The van der Waals surface area contributed by atoms with Crippen LogP contribution in [0.15, 0.2) is 78.9 Å². The van der Waals surface area contributed by atoms with E-state index in [2.05, 4.69) is 38.8 Å². The van der Waals surface area contributed by atoms with Crippen LogP contribution in [0.4, 0.5) is 17.2 Å². The molecule has 0 radical (unpaired) electrons. The van der Waals surface area contributed by atoms with Gasteiger partial charge in [0.25, 0.3) is 5.91 Å². The molecule has 0 aliphatic heterocycles. The number of benzene rings is 3. The predicted octanol–water partition coefficient (Wildman–Crippen LogP) is 6.68. The zero-order valence-electron chi connectivity index (χ0n) is 20.0. The Morgan fingerprint density at radius 3 is 2.17 bits per heavy atom. The van der Waals surface area contributed by atoms with E-state index in [1.807, 2.05) is 43.3 Å². The lowest BCUT2D eigenvalue weighted by atomic mass is 10.1. The third kappa shape index (κ3) is 4.71. The molecule has 0 saturated heterocycles. The Bertz CT molecular complexity index is 1540. The van der Waals surface area contributed by atoms with Crippen LogP contribution in [0.25, 0.3) is 20.7 Å². The van der Waals surface area contributed by atoms with Crippen LogP contribution in [0.5, 0.6) is 11.5 Å². The number of hydrogen-bond donors (Lipinski definition) is 2. The van der Waals surface area contributed by atoms with Crippen LogP contribution >= 0.6 is 11.3 Å². The number of aryl methyl sites for hydroxylation is 1. The van der Waals surface area contributed by atoms with Crippen molar-refractivity contribution < 1.29 is 14.3 Å². The highest BCUT2D eigenvalue weighted by atomic mass is 32.1. The largest absolute Gasteiger partial charge is 0.494 e. The van der Waals surface area contributed by atoms with Crippen LogP contribution in [-0.4, -0.2) is 30.1 Å². The van der Waals surface area contributed by atoms with Gasteiger partial charge in [0, 0.05) is 22.6 Å². The van der Waals surface area contributed by atoms with E-state index in [0.29, 0.717) is 40.1 Å². The van der Waals surface area contributed by atoms with Gasteiger partial charge < -0.3 is 20.1 Å². The van der Waals surface area contributed by atoms with E-state index in [9.17, 15) is 4.79 Å². The SMILES string of the molecule is COc1cc(Nc2nc(C)nc3sc(-c4ccccc4)cc23)c(OC)cc1NC(=O)c1ccccc1. The van der Waals surface area contributed by atoms with Gasteiger partial charge in [0.15, 0.2) is 0 Å². The number of carbonyl (C=O) groups is 1. The Labute approximate surface area is 212 Å². The number of carbonyl (C=O) groups excluding carboxylic acids is 1. The Kier molecular flexibility index (Phi) is 6.51. The van der Waals surface area contributed by atoms with Crippen LogP contribution in [0.3, 0.4) is 0 Å². The first-order chi connectivity index (χ1) is 17.6. The second-order valence-electron chi connectivity index (χ2n) is 8.01. The third-order valence-electron chi connectivity index (χ3n) is 5.62. The highest BCUT2D eigenvalue weighted by Crippen LogP contribution is 2.40. The smallest absolute Gasteiger partial charge is 0.255 e. The average Bonchev–Trinajstić information content (AvgIpc) is 3.34. The molecule has 3 aromatic carbocycles. The number of thiophene rings is 1. The average molecular weight is 497 g/mol. The number of fused-ring (bicyclic) bond motifs is 1. The van der Waals surface area contributed by atoms with Crippen molar-refractivity contribution in [2.24, 2.45) is 0 Å². The van der Waals surface area contributed by atoms with Crippen molar-refractivity contribution in [1.29, 1.82) is 0 Å². The van der Waals surface area contributed by atoms with Crippen molar-refractivity contribution in [3.05, 3.63) is 90.3 Å². The molecule has 0 saturated carbocycles.